The molecule has 0 spiro atoms. The SMILES string of the molecule is COc1ccc(SCCNC(=O)N2CCOCC2)cc1. The van der Waals surface area contributed by atoms with Crippen molar-refractivity contribution in [2.45, 2.75) is 4.90 Å². The van der Waals surface area contributed by atoms with Gasteiger partial charge in [0.1, 0.15) is 5.75 Å². The number of amides is 2. The molecule has 0 unspecified atom stereocenters. The van der Waals surface area contributed by atoms with Gasteiger partial charge < -0.3 is 19.7 Å². The Labute approximate surface area is 123 Å². The quantitative estimate of drug-likeness (QED) is 0.665. The van der Waals surface area contributed by atoms with Crippen LogP contribution in [0.2, 0.25) is 0 Å². The van der Waals surface area contributed by atoms with Crippen molar-refractivity contribution in [1.82, 2.24) is 10.2 Å². The van der Waals surface area contributed by atoms with Crippen molar-refractivity contribution in [2.24, 2.45) is 0 Å². The van der Waals surface area contributed by atoms with Crippen molar-refractivity contribution in [1.29, 1.82) is 0 Å². The summed E-state index contributed by atoms with van der Waals surface area (Å²) in [4.78, 5) is 14.8. The number of morpholine rings is 1. The Balaban J connectivity index is 1.64. The standard InChI is InChI=1S/C14H20N2O3S/c1-18-12-2-4-13(5-3-12)20-11-6-15-14(17)16-7-9-19-10-8-16/h2-5H,6-11H2,1H3,(H,15,17). The van der Waals surface area contributed by atoms with Gasteiger partial charge in [-0.1, -0.05) is 0 Å². The molecule has 1 aromatic rings. The lowest BCUT2D eigenvalue weighted by Crippen LogP contribution is -2.46. The minimum absolute atomic E-state index is 0.00336. The zero-order valence-corrected chi connectivity index (χ0v) is 12.4. The number of methoxy groups -OCH3 is 1. The average Bonchev–Trinajstić information content (AvgIpc) is 2.53. The smallest absolute Gasteiger partial charge is 0.317 e. The molecule has 1 heterocycles. The van der Waals surface area contributed by atoms with Gasteiger partial charge in [-0.15, -0.1) is 11.8 Å². The first-order chi connectivity index (χ1) is 9.79. The summed E-state index contributed by atoms with van der Waals surface area (Å²) in [6.45, 7) is 3.28. The third kappa shape index (κ3) is 4.61. The summed E-state index contributed by atoms with van der Waals surface area (Å²) in [5.74, 6) is 1.71. The zero-order chi connectivity index (χ0) is 14.2. The third-order valence-electron chi connectivity index (χ3n) is 3.00. The number of rotatable bonds is 5. The van der Waals surface area contributed by atoms with E-state index in [2.05, 4.69) is 5.32 Å². The molecule has 20 heavy (non-hydrogen) atoms. The molecule has 0 aliphatic carbocycles. The molecule has 0 saturated carbocycles. The molecule has 0 aromatic heterocycles. The fourth-order valence-electron chi connectivity index (χ4n) is 1.88. The van der Waals surface area contributed by atoms with E-state index < -0.39 is 0 Å². The van der Waals surface area contributed by atoms with E-state index in [-0.39, 0.29) is 6.03 Å². The summed E-state index contributed by atoms with van der Waals surface area (Å²) < 4.78 is 10.3. The number of carbonyl (C=O) groups excluding carboxylic acids is 1. The van der Waals surface area contributed by atoms with Crippen molar-refractivity contribution in [3.63, 3.8) is 0 Å². The Morgan fingerprint density at radius 2 is 2.05 bits per heavy atom. The maximum atomic E-state index is 11.8. The van der Waals surface area contributed by atoms with E-state index in [0.717, 1.165) is 11.5 Å². The number of thioether (sulfide) groups is 1. The van der Waals surface area contributed by atoms with E-state index in [1.165, 1.54) is 4.90 Å². The second-order valence-corrected chi connectivity index (χ2v) is 5.52. The van der Waals surface area contributed by atoms with E-state index in [4.69, 9.17) is 9.47 Å². The monoisotopic (exact) mass is 296 g/mol. The minimum Gasteiger partial charge on any atom is -0.497 e. The van der Waals surface area contributed by atoms with Gasteiger partial charge in [0, 0.05) is 30.3 Å². The van der Waals surface area contributed by atoms with E-state index in [1.807, 2.05) is 24.3 Å². The van der Waals surface area contributed by atoms with Gasteiger partial charge in [-0.05, 0) is 24.3 Å². The Bertz CT molecular complexity index is 419. The molecule has 0 atom stereocenters. The highest BCUT2D eigenvalue weighted by molar-refractivity contribution is 7.99. The Morgan fingerprint density at radius 3 is 2.70 bits per heavy atom. The molecule has 0 bridgehead atoms. The maximum absolute atomic E-state index is 11.8. The van der Waals surface area contributed by atoms with Gasteiger partial charge in [0.05, 0.1) is 20.3 Å². The summed E-state index contributed by atoms with van der Waals surface area (Å²) in [6, 6.07) is 7.92. The average molecular weight is 296 g/mol. The van der Waals surface area contributed by atoms with Crippen LogP contribution in [0.15, 0.2) is 29.2 Å². The molecule has 2 amide bonds. The number of nitrogens with one attached hydrogen (secondary N) is 1. The van der Waals surface area contributed by atoms with Crippen LogP contribution in [0, 0.1) is 0 Å². The lowest BCUT2D eigenvalue weighted by atomic mass is 10.3. The van der Waals surface area contributed by atoms with Crippen LogP contribution < -0.4 is 10.1 Å². The van der Waals surface area contributed by atoms with Crippen LogP contribution in [0.1, 0.15) is 0 Å². The normalized spacial score (nSPS) is 14.9. The summed E-state index contributed by atoms with van der Waals surface area (Å²) in [5.41, 5.74) is 0. The molecule has 2 rings (SSSR count). The molecule has 1 fully saturated rings. The Kier molecular flexibility index (Phi) is 6.01. The Morgan fingerprint density at radius 1 is 1.35 bits per heavy atom. The van der Waals surface area contributed by atoms with Crippen molar-refractivity contribution in [3.8, 4) is 5.75 Å². The van der Waals surface area contributed by atoms with E-state index in [1.54, 1.807) is 23.8 Å². The Hall–Kier alpha value is -1.40. The number of benzene rings is 1. The molecule has 1 aromatic carbocycles. The number of hydrogen-bond donors (Lipinski definition) is 1. The lowest BCUT2D eigenvalue weighted by molar-refractivity contribution is 0.0533. The summed E-state index contributed by atoms with van der Waals surface area (Å²) in [7, 11) is 1.66. The van der Waals surface area contributed by atoms with E-state index in [0.29, 0.717) is 32.8 Å². The fraction of sp³-hybridized carbons (Fsp3) is 0.500. The van der Waals surface area contributed by atoms with Crippen molar-refractivity contribution >= 4 is 17.8 Å². The molecular formula is C14H20N2O3S. The van der Waals surface area contributed by atoms with Crippen LogP contribution in [0.3, 0.4) is 0 Å². The van der Waals surface area contributed by atoms with Crippen LogP contribution in [0.25, 0.3) is 0 Å². The largest absolute Gasteiger partial charge is 0.497 e. The zero-order valence-electron chi connectivity index (χ0n) is 11.6. The number of ether oxygens (including phenoxy) is 2. The van der Waals surface area contributed by atoms with Gasteiger partial charge in [-0.3, -0.25) is 0 Å². The highest BCUT2D eigenvalue weighted by atomic mass is 32.2. The van der Waals surface area contributed by atoms with E-state index in [9.17, 15) is 4.79 Å². The number of nitrogens with zero attached hydrogens (tertiary/aromatic N) is 1. The highest BCUT2D eigenvalue weighted by Gasteiger charge is 2.15. The second-order valence-electron chi connectivity index (χ2n) is 4.36. The van der Waals surface area contributed by atoms with Crippen molar-refractivity contribution in [2.75, 3.05) is 45.7 Å². The topological polar surface area (TPSA) is 50.8 Å². The minimum atomic E-state index is 0.00336. The first kappa shape index (κ1) is 15.0. The molecule has 1 saturated heterocycles. The van der Waals surface area contributed by atoms with Gasteiger partial charge >= 0.3 is 6.03 Å². The molecule has 5 nitrogen and oxygen atoms in total. The molecule has 0 radical (unpaired) electrons. The summed E-state index contributed by atoms with van der Waals surface area (Å²) >= 11 is 1.71. The molecule has 110 valence electrons. The summed E-state index contributed by atoms with van der Waals surface area (Å²) in [6.07, 6.45) is 0. The number of hydrogen-bond acceptors (Lipinski definition) is 4. The van der Waals surface area contributed by atoms with E-state index >= 15 is 0 Å². The molecule has 1 aliphatic heterocycles. The number of carbonyl (C=O) groups is 1. The van der Waals surface area contributed by atoms with Gasteiger partial charge in [0.2, 0.25) is 0 Å². The van der Waals surface area contributed by atoms with Gasteiger partial charge in [-0.25, -0.2) is 4.79 Å². The van der Waals surface area contributed by atoms with Crippen LogP contribution in [0.4, 0.5) is 4.79 Å². The first-order valence-electron chi connectivity index (χ1n) is 6.67. The third-order valence-corrected chi connectivity index (χ3v) is 4.02. The van der Waals surface area contributed by atoms with Crippen molar-refractivity contribution in [3.05, 3.63) is 24.3 Å². The predicted molar refractivity (Wildman–Crippen MR) is 79.5 cm³/mol. The fourth-order valence-corrected chi connectivity index (χ4v) is 2.65. The first-order valence-corrected chi connectivity index (χ1v) is 7.65. The van der Waals surface area contributed by atoms with Crippen LogP contribution in [0.5, 0.6) is 5.75 Å². The molecule has 1 aliphatic rings. The maximum Gasteiger partial charge on any atom is 0.317 e. The lowest BCUT2D eigenvalue weighted by Gasteiger charge is -2.26. The van der Waals surface area contributed by atoms with Crippen LogP contribution >= 0.6 is 11.8 Å². The van der Waals surface area contributed by atoms with Gasteiger partial charge in [0.15, 0.2) is 0 Å². The molecular weight excluding hydrogens is 276 g/mol. The molecule has 6 heteroatoms. The molecule has 1 N–H and O–H groups in total. The van der Waals surface area contributed by atoms with Crippen molar-refractivity contribution < 1.29 is 14.3 Å². The predicted octanol–water partition coefficient (Wildman–Crippen LogP) is 1.83. The number of urea groups is 1. The van der Waals surface area contributed by atoms with Crippen LogP contribution in [-0.4, -0.2) is 56.6 Å². The van der Waals surface area contributed by atoms with Gasteiger partial charge in [0.25, 0.3) is 0 Å². The second kappa shape index (κ2) is 8.01. The summed E-state index contributed by atoms with van der Waals surface area (Å²) in [5, 5.41) is 2.93. The van der Waals surface area contributed by atoms with Gasteiger partial charge in [-0.2, -0.15) is 0 Å². The van der Waals surface area contributed by atoms with Crippen LogP contribution in [-0.2, 0) is 4.74 Å². The highest BCUT2D eigenvalue weighted by Crippen LogP contribution is 2.20.